The van der Waals surface area contributed by atoms with Gasteiger partial charge >= 0.3 is 0 Å². The van der Waals surface area contributed by atoms with E-state index in [1.807, 2.05) is 26.1 Å². The molecule has 2 amide bonds. The van der Waals surface area contributed by atoms with Crippen molar-refractivity contribution in [2.75, 3.05) is 42.3 Å². The summed E-state index contributed by atoms with van der Waals surface area (Å²) < 4.78 is 6.34. The van der Waals surface area contributed by atoms with Crippen LogP contribution in [0.15, 0.2) is 29.8 Å². The number of amides is 2. The number of allylic oxidation sites excluding steroid dienone is 2. The van der Waals surface area contributed by atoms with Gasteiger partial charge in [0.25, 0.3) is 0 Å². The molecule has 3 aliphatic heterocycles. The molecule has 4 heterocycles. The molecule has 5 aliphatic rings. The number of aromatic nitrogens is 2. The number of nitrogens with one attached hydrogen (secondary N) is 2. The number of anilines is 3. The first-order valence-electron chi connectivity index (χ1n) is 15.5. The molecule has 4 atom stereocenters. The van der Waals surface area contributed by atoms with Gasteiger partial charge in [0.15, 0.2) is 5.82 Å². The predicted molar refractivity (Wildman–Crippen MR) is 159 cm³/mol. The molecule has 0 radical (unpaired) electrons. The number of likely N-dealkylation sites (tertiary alicyclic amines) is 1. The summed E-state index contributed by atoms with van der Waals surface area (Å²) in [5, 5.41) is 6.78. The van der Waals surface area contributed by atoms with Crippen LogP contribution >= 0.6 is 0 Å². The Kier molecular flexibility index (Phi) is 7.46. The second-order valence-corrected chi connectivity index (χ2v) is 12.9. The first kappa shape index (κ1) is 28.0. The molecule has 6 rings (SSSR count). The third-order valence-electron chi connectivity index (χ3n) is 10.00. The number of hydrogen-bond donors (Lipinski definition) is 2. The summed E-state index contributed by atoms with van der Waals surface area (Å²) in [6.45, 7) is 8.17. The Labute approximate surface area is 243 Å². The van der Waals surface area contributed by atoms with Crippen LogP contribution in [0, 0.1) is 11.3 Å². The average molecular weight is 564 g/mol. The number of rotatable bonds is 6. The topological polar surface area (TPSA) is 103 Å². The minimum absolute atomic E-state index is 0.00874. The van der Waals surface area contributed by atoms with Gasteiger partial charge in [-0.15, -0.1) is 0 Å². The van der Waals surface area contributed by atoms with Gasteiger partial charge < -0.3 is 30.1 Å². The molecule has 1 saturated carbocycles. The van der Waals surface area contributed by atoms with Crippen LogP contribution in [0.2, 0.25) is 0 Å². The van der Waals surface area contributed by atoms with Crippen molar-refractivity contribution in [3.63, 3.8) is 0 Å². The standard InChI is InChI=1S/C31H45N7O3/c1-6-24-28(39)37(5)25-18-32-30(35-27(25)38(24)21-9-7-8-10-21)34-23-11-14-31(3,22-17-19(2)41-26(22)23)29(40)33-20-12-15-36(4)16-13-20/h11,14,18-22,24H,6-10,12-13,15-17H2,1-5H3,(H,33,40)(H,32,34,35)/t19?,22?,24-,31?/m1/s1. The number of carbonyl (C=O) groups excluding carboxylic acids is 2. The van der Waals surface area contributed by atoms with Crippen LogP contribution in [0.1, 0.15) is 72.1 Å². The molecule has 2 aliphatic carbocycles. The van der Waals surface area contributed by atoms with E-state index < -0.39 is 5.41 Å². The second-order valence-electron chi connectivity index (χ2n) is 12.9. The van der Waals surface area contributed by atoms with Gasteiger partial charge in [-0.05, 0) is 78.6 Å². The van der Waals surface area contributed by atoms with Crippen LogP contribution in [0.4, 0.5) is 17.5 Å². The van der Waals surface area contributed by atoms with Crippen molar-refractivity contribution in [3.8, 4) is 0 Å². The normalized spacial score (nSPS) is 30.9. The lowest BCUT2D eigenvalue weighted by molar-refractivity contribution is -0.131. The molecule has 41 heavy (non-hydrogen) atoms. The van der Waals surface area contributed by atoms with Crippen molar-refractivity contribution >= 4 is 29.3 Å². The molecule has 10 nitrogen and oxygen atoms in total. The third kappa shape index (κ3) is 4.98. The van der Waals surface area contributed by atoms with Gasteiger partial charge in [0.1, 0.15) is 17.5 Å². The number of piperidine rings is 1. The maximum atomic E-state index is 13.7. The summed E-state index contributed by atoms with van der Waals surface area (Å²) >= 11 is 0. The highest BCUT2D eigenvalue weighted by Gasteiger charge is 2.50. The largest absolute Gasteiger partial charge is 0.493 e. The fourth-order valence-electron chi connectivity index (χ4n) is 7.40. The summed E-state index contributed by atoms with van der Waals surface area (Å²) in [7, 11) is 3.95. The van der Waals surface area contributed by atoms with Crippen LogP contribution in [-0.4, -0.2) is 78.1 Å². The minimum Gasteiger partial charge on any atom is -0.493 e. The number of carbonyl (C=O) groups is 2. The Bertz CT molecular complexity index is 1250. The molecule has 10 heteroatoms. The highest BCUT2D eigenvalue weighted by molar-refractivity contribution is 6.04. The maximum Gasteiger partial charge on any atom is 0.249 e. The number of nitrogens with zero attached hydrogens (tertiary/aromatic N) is 5. The zero-order valence-corrected chi connectivity index (χ0v) is 25.2. The van der Waals surface area contributed by atoms with Gasteiger partial charge in [0, 0.05) is 25.0 Å². The Morgan fingerprint density at radius 3 is 2.61 bits per heavy atom. The van der Waals surface area contributed by atoms with E-state index in [1.54, 1.807) is 11.1 Å². The van der Waals surface area contributed by atoms with E-state index in [0.717, 1.165) is 74.6 Å². The van der Waals surface area contributed by atoms with Crippen molar-refractivity contribution in [2.45, 2.75) is 96.4 Å². The van der Waals surface area contributed by atoms with Gasteiger partial charge in [-0.3, -0.25) is 9.59 Å². The number of likely N-dealkylation sites (N-methyl/N-ethyl adjacent to an activating group) is 1. The van der Waals surface area contributed by atoms with E-state index in [2.05, 4.69) is 46.3 Å². The molecule has 1 aromatic heterocycles. The lowest BCUT2D eigenvalue weighted by atomic mass is 9.70. The van der Waals surface area contributed by atoms with Gasteiger partial charge in [-0.1, -0.05) is 25.8 Å². The summed E-state index contributed by atoms with van der Waals surface area (Å²) in [6.07, 6.45) is 13.7. The Morgan fingerprint density at radius 1 is 1.17 bits per heavy atom. The zero-order valence-electron chi connectivity index (χ0n) is 25.2. The van der Waals surface area contributed by atoms with Crippen LogP contribution in [-0.2, 0) is 14.3 Å². The molecule has 222 valence electrons. The van der Waals surface area contributed by atoms with Crippen LogP contribution in [0.3, 0.4) is 0 Å². The fraction of sp³-hybridized carbons (Fsp3) is 0.677. The van der Waals surface area contributed by atoms with E-state index in [0.29, 0.717) is 12.0 Å². The van der Waals surface area contributed by atoms with Gasteiger partial charge in [0.05, 0.1) is 23.4 Å². The quantitative estimate of drug-likeness (QED) is 0.539. The van der Waals surface area contributed by atoms with E-state index in [-0.39, 0.29) is 35.9 Å². The van der Waals surface area contributed by atoms with Crippen molar-refractivity contribution < 1.29 is 14.3 Å². The number of fused-ring (bicyclic) bond motifs is 2. The van der Waals surface area contributed by atoms with Crippen LogP contribution in [0.5, 0.6) is 0 Å². The average Bonchev–Trinajstić information content (AvgIpc) is 3.64. The highest BCUT2D eigenvalue weighted by atomic mass is 16.5. The molecular formula is C31H45N7O3. The van der Waals surface area contributed by atoms with Crippen molar-refractivity contribution in [3.05, 3.63) is 29.8 Å². The highest BCUT2D eigenvalue weighted by Crippen LogP contribution is 2.48. The second kappa shape index (κ2) is 10.9. The van der Waals surface area contributed by atoms with Crippen molar-refractivity contribution in [1.29, 1.82) is 0 Å². The summed E-state index contributed by atoms with van der Waals surface area (Å²) in [4.78, 5) is 42.8. The smallest absolute Gasteiger partial charge is 0.249 e. The van der Waals surface area contributed by atoms with E-state index >= 15 is 0 Å². The molecule has 2 N–H and O–H groups in total. The Hall–Kier alpha value is -3.14. The lowest BCUT2D eigenvalue weighted by Crippen LogP contribution is -2.55. The van der Waals surface area contributed by atoms with Crippen LogP contribution < -0.4 is 20.4 Å². The Balaban J connectivity index is 1.27. The summed E-state index contributed by atoms with van der Waals surface area (Å²) in [5.41, 5.74) is 0.849. The zero-order chi connectivity index (χ0) is 28.9. The number of ether oxygens (including phenoxy) is 1. The van der Waals surface area contributed by atoms with Crippen LogP contribution in [0.25, 0.3) is 0 Å². The molecular weight excluding hydrogens is 518 g/mol. The summed E-state index contributed by atoms with van der Waals surface area (Å²) in [5.74, 6) is 2.18. The van der Waals surface area contributed by atoms with Crippen molar-refractivity contribution in [2.24, 2.45) is 11.3 Å². The van der Waals surface area contributed by atoms with Crippen molar-refractivity contribution in [1.82, 2.24) is 20.2 Å². The first-order chi connectivity index (χ1) is 19.7. The first-order valence-corrected chi connectivity index (χ1v) is 15.5. The van der Waals surface area contributed by atoms with E-state index in [1.165, 1.54) is 12.8 Å². The Morgan fingerprint density at radius 2 is 1.90 bits per heavy atom. The molecule has 0 bridgehead atoms. The summed E-state index contributed by atoms with van der Waals surface area (Å²) in [6, 6.07) is 0.296. The lowest BCUT2D eigenvalue weighted by Gasteiger charge is -2.43. The maximum absolute atomic E-state index is 13.7. The fourth-order valence-corrected chi connectivity index (χ4v) is 7.40. The predicted octanol–water partition coefficient (Wildman–Crippen LogP) is 3.82. The third-order valence-corrected chi connectivity index (χ3v) is 10.00. The van der Waals surface area contributed by atoms with E-state index in [9.17, 15) is 9.59 Å². The molecule has 1 aromatic rings. The van der Waals surface area contributed by atoms with Gasteiger partial charge in [-0.25, -0.2) is 4.98 Å². The van der Waals surface area contributed by atoms with Gasteiger partial charge in [0.2, 0.25) is 17.8 Å². The monoisotopic (exact) mass is 563 g/mol. The number of hydrogen-bond acceptors (Lipinski definition) is 8. The van der Waals surface area contributed by atoms with E-state index in [4.69, 9.17) is 9.72 Å². The molecule has 0 spiro atoms. The SMILES string of the molecule is CC[C@@H]1C(=O)N(C)c2cnc(NC3=C4OC(C)CC4C(C)(C(=O)NC4CCN(C)CC4)C=C3)nc2N1C1CCCC1. The molecule has 0 aromatic carbocycles. The minimum atomic E-state index is -0.692. The molecule has 3 fully saturated rings. The molecule has 2 saturated heterocycles. The van der Waals surface area contributed by atoms with Gasteiger partial charge in [-0.2, -0.15) is 4.98 Å². The molecule has 3 unspecified atom stereocenters.